The lowest BCUT2D eigenvalue weighted by Gasteiger charge is -2.08. The third-order valence-corrected chi connectivity index (χ3v) is 5.30. The first-order valence-electron chi connectivity index (χ1n) is 8.41. The summed E-state index contributed by atoms with van der Waals surface area (Å²) in [4.78, 5) is 12.6. The molecule has 0 amide bonds. The van der Waals surface area contributed by atoms with Gasteiger partial charge in [-0.15, -0.1) is 0 Å². The van der Waals surface area contributed by atoms with Gasteiger partial charge in [0.2, 0.25) is 5.78 Å². The van der Waals surface area contributed by atoms with Crippen molar-refractivity contribution in [3.8, 4) is 11.5 Å². The summed E-state index contributed by atoms with van der Waals surface area (Å²) in [5.41, 5.74) is 1.87. The van der Waals surface area contributed by atoms with Gasteiger partial charge in [0.25, 0.3) is 0 Å². The second-order valence-electron chi connectivity index (χ2n) is 6.11. The van der Waals surface area contributed by atoms with E-state index in [4.69, 9.17) is 44.3 Å². The van der Waals surface area contributed by atoms with Gasteiger partial charge in [-0.3, -0.25) is 4.79 Å². The summed E-state index contributed by atoms with van der Waals surface area (Å²) >= 11 is 18.5. The van der Waals surface area contributed by atoms with Crippen LogP contribution in [0.25, 0.3) is 6.08 Å². The lowest BCUT2D eigenvalue weighted by atomic mass is 10.1. The molecule has 1 heterocycles. The smallest absolute Gasteiger partial charge is 0.231 e. The lowest BCUT2D eigenvalue weighted by molar-refractivity contribution is 0.101. The summed E-state index contributed by atoms with van der Waals surface area (Å²) < 4.78 is 11.5. The molecule has 0 aliphatic carbocycles. The molecule has 1 aliphatic rings. The zero-order chi connectivity index (χ0) is 19.7. The van der Waals surface area contributed by atoms with Crippen molar-refractivity contribution in [2.45, 2.75) is 6.61 Å². The highest BCUT2D eigenvalue weighted by molar-refractivity contribution is 6.37. The minimum Gasteiger partial charge on any atom is -0.489 e. The van der Waals surface area contributed by atoms with E-state index in [1.54, 1.807) is 42.5 Å². The van der Waals surface area contributed by atoms with E-state index < -0.39 is 0 Å². The Bertz CT molecular complexity index is 1090. The normalized spacial score (nSPS) is 14.1. The van der Waals surface area contributed by atoms with Crippen molar-refractivity contribution in [3.63, 3.8) is 0 Å². The number of rotatable bonds is 4. The fraction of sp³-hybridized carbons (Fsp3) is 0.0455. The number of benzene rings is 3. The number of carbonyl (C=O) groups excluding carboxylic acids is 1. The molecule has 140 valence electrons. The Kier molecular flexibility index (Phi) is 5.31. The highest BCUT2D eigenvalue weighted by Crippen LogP contribution is 2.36. The molecule has 0 fully saturated rings. The number of fused-ring (bicyclic) bond motifs is 1. The van der Waals surface area contributed by atoms with E-state index in [1.165, 1.54) is 0 Å². The average Bonchev–Trinajstić information content (AvgIpc) is 2.99. The van der Waals surface area contributed by atoms with Crippen LogP contribution in [0.1, 0.15) is 21.5 Å². The summed E-state index contributed by atoms with van der Waals surface area (Å²) in [6, 6.07) is 17.7. The molecule has 0 spiro atoms. The van der Waals surface area contributed by atoms with E-state index in [9.17, 15) is 4.79 Å². The first kappa shape index (κ1) is 18.9. The first-order valence-corrected chi connectivity index (χ1v) is 9.55. The van der Waals surface area contributed by atoms with Gasteiger partial charge >= 0.3 is 0 Å². The van der Waals surface area contributed by atoms with Crippen molar-refractivity contribution >= 4 is 46.7 Å². The average molecular weight is 432 g/mol. The molecule has 28 heavy (non-hydrogen) atoms. The first-order chi connectivity index (χ1) is 13.5. The number of Topliss-reactive ketones (excluding diaryl/α,β-unsaturated/α-hetero) is 1. The molecule has 0 aromatic heterocycles. The largest absolute Gasteiger partial charge is 0.489 e. The van der Waals surface area contributed by atoms with Gasteiger partial charge < -0.3 is 9.47 Å². The SMILES string of the molecule is O=C1/C(=C/c2c(Cl)cccc2Cl)Oc2cc(OCc3ccccc3Cl)ccc21. The fourth-order valence-electron chi connectivity index (χ4n) is 2.81. The molecule has 0 unspecified atom stereocenters. The van der Waals surface area contributed by atoms with Crippen LogP contribution in [0.15, 0.2) is 66.4 Å². The van der Waals surface area contributed by atoms with Gasteiger partial charge in [0, 0.05) is 32.3 Å². The summed E-state index contributed by atoms with van der Waals surface area (Å²) in [6.07, 6.45) is 1.55. The molecule has 3 aromatic rings. The number of ketones is 1. The third-order valence-electron chi connectivity index (χ3n) is 4.27. The van der Waals surface area contributed by atoms with Crippen molar-refractivity contribution < 1.29 is 14.3 Å². The summed E-state index contributed by atoms with van der Waals surface area (Å²) in [5, 5.41) is 1.52. The molecule has 4 rings (SSSR count). The van der Waals surface area contributed by atoms with Gasteiger partial charge in [-0.05, 0) is 36.4 Å². The van der Waals surface area contributed by atoms with Crippen molar-refractivity contribution in [3.05, 3.63) is 98.2 Å². The zero-order valence-electron chi connectivity index (χ0n) is 14.4. The molecular weight excluding hydrogens is 419 g/mol. The summed E-state index contributed by atoms with van der Waals surface area (Å²) in [5.74, 6) is 0.927. The van der Waals surface area contributed by atoms with Gasteiger partial charge in [-0.1, -0.05) is 59.1 Å². The molecule has 6 heteroatoms. The van der Waals surface area contributed by atoms with Crippen molar-refractivity contribution in [2.24, 2.45) is 0 Å². The summed E-state index contributed by atoms with van der Waals surface area (Å²) in [6.45, 7) is 0.310. The Morgan fingerprint density at radius 1 is 0.893 bits per heavy atom. The van der Waals surface area contributed by atoms with Gasteiger partial charge in [-0.25, -0.2) is 0 Å². The van der Waals surface area contributed by atoms with Crippen LogP contribution in [0, 0.1) is 0 Å². The molecule has 0 saturated heterocycles. The van der Waals surface area contributed by atoms with E-state index in [0.29, 0.717) is 44.3 Å². The number of allylic oxidation sites excluding steroid dienone is 1. The van der Waals surface area contributed by atoms with Gasteiger partial charge in [0.15, 0.2) is 5.76 Å². The molecule has 3 aromatic carbocycles. The van der Waals surface area contributed by atoms with Crippen LogP contribution in [-0.4, -0.2) is 5.78 Å². The van der Waals surface area contributed by atoms with Gasteiger partial charge in [0.1, 0.15) is 18.1 Å². The quantitative estimate of drug-likeness (QED) is 0.424. The maximum absolute atomic E-state index is 12.6. The second kappa shape index (κ2) is 7.88. The van der Waals surface area contributed by atoms with Gasteiger partial charge in [-0.2, -0.15) is 0 Å². The maximum Gasteiger partial charge on any atom is 0.231 e. The van der Waals surface area contributed by atoms with Crippen LogP contribution in [-0.2, 0) is 6.61 Å². The lowest BCUT2D eigenvalue weighted by Crippen LogP contribution is -1.98. The van der Waals surface area contributed by atoms with Crippen LogP contribution in [0.2, 0.25) is 15.1 Å². The van der Waals surface area contributed by atoms with Crippen molar-refractivity contribution in [2.75, 3.05) is 0 Å². The summed E-state index contributed by atoms with van der Waals surface area (Å²) in [7, 11) is 0. The maximum atomic E-state index is 12.6. The number of ether oxygens (including phenoxy) is 2. The van der Waals surface area contributed by atoms with E-state index in [0.717, 1.165) is 5.56 Å². The topological polar surface area (TPSA) is 35.5 Å². The minimum atomic E-state index is -0.233. The monoisotopic (exact) mass is 430 g/mol. The Morgan fingerprint density at radius 3 is 2.36 bits per heavy atom. The molecule has 3 nitrogen and oxygen atoms in total. The minimum absolute atomic E-state index is 0.160. The highest BCUT2D eigenvalue weighted by atomic mass is 35.5. The Balaban J connectivity index is 1.56. The molecular formula is C22H13Cl3O3. The number of halogens is 3. The number of hydrogen-bond donors (Lipinski definition) is 0. The highest BCUT2D eigenvalue weighted by Gasteiger charge is 2.28. The Labute approximate surface area is 177 Å². The van der Waals surface area contributed by atoms with Crippen LogP contribution >= 0.6 is 34.8 Å². The van der Waals surface area contributed by atoms with Crippen LogP contribution in [0.4, 0.5) is 0 Å². The molecule has 1 aliphatic heterocycles. The zero-order valence-corrected chi connectivity index (χ0v) is 16.7. The van der Waals surface area contributed by atoms with Crippen molar-refractivity contribution in [1.82, 2.24) is 0 Å². The molecule has 0 N–H and O–H groups in total. The predicted molar refractivity (Wildman–Crippen MR) is 112 cm³/mol. The van der Waals surface area contributed by atoms with Crippen molar-refractivity contribution in [1.29, 1.82) is 0 Å². The Morgan fingerprint density at radius 2 is 1.61 bits per heavy atom. The van der Waals surface area contributed by atoms with Gasteiger partial charge in [0.05, 0.1) is 5.56 Å². The fourth-order valence-corrected chi connectivity index (χ4v) is 3.51. The third kappa shape index (κ3) is 3.74. The Hall–Kier alpha value is -2.46. The van der Waals surface area contributed by atoms with Crippen LogP contribution in [0.3, 0.4) is 0 Å². The van der Waals surface area contributed by atoms with E-state index in [1.807, 2.05) is 24.3 Å². The predicted octanol–water partition coefficient (Wildman–Crippen LogP) is 6.84. The van der Waals surface area contributed by atoms with E-state index >= 15 is 0 Å². The van der Waals surface area contributed by atoms with Crippen LogP contribution < -0.4 is 9.47 Å². The second-order valence-corrected chi connectivity index (χ2v) is 7.33. The van der Waals surface area contributed by atoms with E-state index in [-0.39, 0.29) is 11.5 Å². The molecule has 0 saturated carbocycles. The standard InChI is InChI=1S/C22H13Cl3O3/c23-17-5-2-1-4-13(17)12-27-14-8-9-15-20(10-14)28-21(22(15)26)11-16-18(24)6-3-7-19(16)25/h1-11H,12H2/b21-11-. The number of carbonyl (C=O) groups is 1. The van der Waals surface area contributed by atoms with E-state index in [2.05, 4.69) is 0 Å². The number of hydrogen-bond acceptors (Lipinski definition) is 3. The molecule has 0 atom stereocenters. The molecule has 0 radical (unpaired) electrons. The van der Waals surface area contributed by atoms with Crippen LogP contribution in [0.5, 0.6) is 11.5 Å². The molecule has 0 bridgehead atoms.